The fourth-order valence-corrected chi connectivity index (χ4v) is 7.26. The van der Waals surface area contributed by atoms with Gasteiger partial charge in [-0.2, -0.15) is 9.67 Å². The number of nitrogen functional groups attached to an aromatic ring is 1. The van der Waals surface area contributed by atoms with Crippen LogP contribution in [0.15, 0.2) is 28.2 Å². The van der Waals surface area contributed by atoms with Gasteiger partial charge in [-0.05, 0) is 22.4 Å². The summed E-state index contributed by atoms with van der Waals surface area (Å²) in [4.78, 5) is 48.4. The van der Waals surface area contributed by atoms with Crippen LogP contribution in [0.3, 0.4) is 0 Å². The highest BCUT2D eigenvalue weighted by atomic mass is 32.7. The average molecular weight is 677 g/mol. The molecule has 4 aromatic heterocycles. The first kappa shape index (κ1) is 30.4. The van der Waals surface area contributed by atoms with E-state index in [0.717, 1.165) is 4.68 Å². The second-order valence-electron chi connectivity index (χ2n) is 9.57. The molecule has 230 valence electrons. The van der Waals surface area contributed by atoms with E-state index >= 15 is 0 Å². The molecule has 6 heterocycles. The van der Waals surface area contributed by atoms with E-state index in [4.69, 9.17) is 40.6 Å². The van der Waals surface area contributed by atoms with Crippen LogP contribution in [0.2, 0.25) is 0 Å². The Labute approximate surface area is 250 Å². The second kappa shape index (κ2) is 12.0. The Morgan fingerprint density at radius 2 is 2.07 bits per heavy atom. The Kier molecular flexibility index (Phi) is 8.48. The summed E-state index contributed by atoms with van der Waals surface area (Å²) in [5.41, 5.74) is 4.97. The lowest BCUT2D eigenvalue weighted by Crippen LogP contribution is -2.28. The molecule has 2 saturated heterocycles. The Morgan fingerprint density at radius 3 is 2.84 bits per heavy atom. The summed E-state index contributed by atoms with van der Waals surface area (Å²) >= 11 is 9.11. The number of ether oxygens (including phenoxy) is 2. The predicted octanol–water partition coefficient (Wildman–Crippen LogP) is -0.00670. The van der Waals surface area contributed by atoms with Crippen molar-refractivity contribution >= 4 is 66.1 Å². The van der Waals surface area contributed by atoms with Gasteiger partial charge in [-0.15, -0.1) is 9.62 Å². The zero-order valence-corrected chi connectivity index (χ0v) is 25.2. The first-order valence-corrected chi connectivity index (χ1v) is 17.5. The second-order valence-corrected chi connectivity index (χ2v) is 14.0. The SMILES string of the molecule is Nc1nc2c(nnn2[C@@H]2O[C@H](CO)C[C@H]2OP(O)(=S)OC[C@H]2O[C@@H](n3ccc4c(=O)[nH]cnc43)C[C@@H]2O[P+](=O)S)c(=O)[nH]1. The molecule has 23 heteroatoms. The Bertz CT molecular complexity index is 1850. The van der Waals surface area contributed by atoms with Crippen LogP contribution < -0.4 is 16.9 Å². The van der Waals surface area contributed by atoms with Crippen molar-refractivity contribution < 1.29 is 37.6 Å². The predicted molar refractivity (Wildman–Crippen MR) is 154 cm³/mol. The molecule has 2 aliphatic heterocycles. The van der Waals surface area contributed by atoms with E-state index in [-0.39, 0.29) is 48.7 Å². The lowest BCUT2D eigenvalue weighted by Gasteiger charge is -2.25. The molecule has 19 nitrogen and oxygen atoms in total. The third kappa shape index (κ3) is 6.16. The highest BCUT2D eigenvalue weighted by Crippen LogP contribution is 2.50. The van der Waals surface area contributed by atoms with E-state index in [2.05, 4.69) is 42.5 Å². The molecular weight excluding hydrogens is 652 g/mol. The van der Waals surface area contributed by atoms with Gasteiger partial charge in [0.05, 0.1) is 31.0 Å². The molecule has 4 aromatic rings. The number of anilines is 1. The monoisotopic (exact) mass is 676 g/mol. The fraction of sp³-hybridized carbons (Fsp3) is 0.500. The van der Waals surface area contributed by atoms with Crippen LogP contribution in [-0.2, 0) is 39.4 Å². The number of thiol groups is 1. The maximum Gasteiger partial charge on any atom is 0.582 e. The normalized spacial score (nSPS) is 27.7. The minimum absolute atomic E-state index is 0.00845. The minimum Gasteiger partial charge on any atom is -0.394 e. The van der Waals surface area contributed by atoms with Crippen LogP contribution in [0.5, 0.6) is 0 Å². The summed E-state index contributed by atoms with van der Waals surface area (Å²) in [6, 6.07) is 1.59. The molecule has 2 unspecified atom stereocenters. The largest absolute Gasteiger partial charge is 0.582 e. The third-order valence-corrected chi connectivity index (χ3v) is 9.16. The molecule has 0 radical (unpaired) electrons. The highest BCUT2D eigenvalue weighted by Gasteiger charge is 2.45. The van der Waals surface area contributed by atoms with Crippen molar-refractivity contribution in [2.24, 2.45) is 0 Å². The zero-order chi connectivity index (χ0) is 30.5. The fourth-order valence-electron chi connectivity index (χ4n) is 5.00. The van der Waals surface area contributed by atoms with E-state index < -0.39 is 56.4 Å². The minimum atomic E-state index is -4.03. The van der Waals surface area contributed by atoms with Gasteiger partial charge in [-0.3, -0.25) is 14.6 Å². The highest BCUT2D eigenvalue weighted by molar-refractivity contribution is 8.39. The summed E-state index contributed by atoms with van der Waals surface area (Å²) in [6.45, 7) is -4.75. The molecule has 6 rings (SSSR count). The van der Waals surface area contributed by atoms with Crippen molar-refractivity contribution in [2.75, 3.05) is 18.9 Å². The van der Waals surface area contributed by atoms with E-state index in [1.165, 1.54) is 6.33 Å². The lowest BCUT2D eigenvalue weighted by molar-refractivity contribution is -0.0578. The lowest BCUT2D eigenvalue weighted by atomic mass is 10.2. The van der Waals surface area contributed by atoms with Crippen LogP contribution in [0, 0.1) is 0 Å². The van der Waals surface area contributed by atoms with Crippen molar-refractivity contribution in [2.45, 2.75) is 49.7 Å². The maximum atomic E-state index is 12.2. The van der Waals surface area contributed by atoms with Crippen LogP contribution in [0.1, 0.15) is 25.3 Å². The van der Waals surface area contributed by atoms with Crippen molar-refractivity contribution in [1.29, 1.82) is 0 Å². The van der Waals surface area contributed by atoms with Gasteiger partial charge in [0.1, 0.15) is 42.4 Å². The molecule has 0 aromatic carbocycles. The standard InChI is InChI=1S/C20H23N9O10P2S2/c21-20-24-16-14(18(32)25-20)26-27-29(16)19-11(3-8(5-30)36-19)39-41(34,43)35-6-12-10(38-40(33)42)4-13(37-12)28-2-1-9-15(28)22-7-23-17(9)31/h1-2,7-8,10-13,19,30H,3-6H2,(H5-,21,22,23,24,25,27,31,32,33,34,42,43)/p+1/t8-,10-,11+,12+,13+,19+,41?/m0/s1. The number of nitrogens with zero attached hydrogens (tertiary/aromatic N) is 6. The van der Waals surface area contributed by atoms with Crippen molar-refractivity contribution in [3.8, 4) is 0 Å². The molecule has 2 aliphatic rings. The number of aliphatic hydroxyl groups is 1. The Morgan fingerprint density at radius 1 is 1.26 bits per heavy atom. The number of nitrogens with one attached hydrogen (secondary N) is 2. The number of hydrogen-bond donors (Lipinski definition) is 6. The van der Waals surface area contributed by atoms with Crippen LogP contribution in [0.4, 0.5) is 5.95 Å². The summed E-state index contributed by atoms with van der Waals surface area (Å²) in [5, 5.41) is 17.8. The number of rotatable bonds is 10. The van der Waals surface area contributed by atoms with Crippen LogP contribution in [-0.4, -0.2) is 87.1 Å². The van der Waals surface area contributed by atoms with Crippen LogP contribution in [0.25, 0.3) is 22.2 Å². The molecule has 2 fully saturated rings. The van der Waals surface area contributed by atoms with Gasteiger partial charge in [-0.25, -0.2) is 4.98 Å². The molecule has 0 spiro atoms. The van der Waals surface area contributed by atoms with Gasteiger partial charge in [0.15, 0.2) is 17.4 Å². The Balaban J connectivity index is 1.18. The van der Waals surface area contributed by atoms with Crippen molar-refractivity contribution in [3.05, 3.63) is 39.3 Å². The summed E-state index contributed by atoms with van der Waals surface area (Å²) in [5.74, 6) is -0.184. The molecular formula is C20H24N9O10P2S2+. The average Bonchev–Trinajstić information content (AvgIpc) is 3.72. The summed E-state index contributed by atoms with van der Waals surface area (Å²) in [7, 11) is -2.33. The molecule has 0 bridgehead atoms. The number of aromatic nitrogens is 8. The van der Waals surface area contributed by atoms with E-state index in [1.807, 2.05) is 0 Å². The molecule has 6 N–H and O–H groups in total. The van der Waals surface area contributed by atoms with Gasteiger partial charge in [-0.1, -0.05) is 5.21 Å². The molecule has 0 aliphatic carbocycles. The number of nitrogens with two attached hydrogens (primary N) is 1. The molecule has 0 saturated carbocycles. The van der Waals surface area contributed by atoms with Crippen LogP contribution >= 0.6 is 26.2 Å². The number of fused-ring (bicyclic) bond motifs is 2. The number of aliphatic hydroxyl groups excluding tert-OH is 1. The van der Waals surface area contributed by atoms with E-state index in [9.17, 15) is 24.2 Å². The first-order valence-electron chi connectivity index (χ1n) is 12.6. The van der Waals surface area contributed by atoms with E-state index in [0.29, 0.717) is 11.0 Å². The Hall–Kier alpha value is -2.68. The number of hydrogen-bond acceptors (Lipinski definition) is 15. The number of aromatic amines is 2. The molecule has 43 heavy (non-hydrogen) atoms. The van der Waals surface area contributed by atoms with E-state index in [1.54, 1.807) is 16.8 Å². The van der Waals surface area contributed by atoms with Crippen molar-refractivity contribution in [1.82, 2.24) is 39.5 Å². The van der Waals surface area contributed by atoms with Gasteiger partial charge in [0.2, 0.25) is 5.95 Å². The molecule has 8 atom stereocenters. The summed E-state index contributed by atoms with van der Waals surface area (Å²) in [6.07, 6.45) is -2.06. The topological polar surface area (TPSA) is 257 Å². The van der Waals surface area contributed by atoms with Gasteiger partial charge in [0, 0.05) is 19.0 Å². The zero-order valence-electron chi connectivity index (χ0n) is 21.7. The van der Waals surface area contributed by atoms with Gasteiger partial charge >= 0.3 is 13.9 Å². The third-order valence-electron chi connectivity index (χ3n) is 6.84. The summed E-state index contributed by atoms with van der Waals surface area (Å²) < 4.78 is 43.4. The maximum absolute atomic E-state index is 12.2. The smallest absolute Gasteiger partial charge is 0.394 e. The van der Waals surface area contributed by atoms with Gasteiger partial charge in [0.25, 0.3) is 11.1 Å². The molecule has 0 amide bonds. The quantitative estimate of drug-likeness (QED) is 0.0954. The number of H-pyrrole nitrogens is 2. The van der Waals surface area contributed by atoms with Crippen molar-refractivity contribution in [3.63, 3.8) is 0 Å². The van der Waals surface area contributed by atoms with Gasteiger partial charge < -0.3 is 43.8 Å². The first-order chi connectivity index (χ1) is 20.5.